The Morgan fingerprint density at radius 2 is 2.06 bits per heavy atom. The third-order valence-electron chi connectivity index (χ3n) is 5.42. The van der Waals surface area contributed by atoms with Crippen molar-refractivity contribution in [3.8, 4) is 5.75 Å². The standard InChI is InChI=1S/C21H22ClN3O5S/c1-13-9-15(22)4-6-17(13)24-21(27)14-3-2-8-25(11-14)31(28,29)16-5-7-19-18(10-16)23-20(26)12-30-19/h4-7,9-10,14H,2-3,8,11-12H2,1H3,(H,23,26)(H,24,27). The number of amides is 2. The summed E-state index contributed by atoms with van der Waals surface area (Å²) in [5, 5.41) is 6.08. The van der Waals surface area contributed by atoms with Crippen molar-refractivity contribution < 1.29 is 22.7 Å². The number of anilines is 2. The fourth-order valence-corrected chi connectivity index (χ4v) is 5.53. The Morgan fingerprint density at radius 1 is 1.26 bits per heavy atom. The zero-order chi connectivity index (χ0) is 22.2. The largest absolute Gasteiger partial charge is 0.482 e. The number of rotatable bonds is 4. The molecule has 0 aromatic heterocycles. The molecule has 1 fully saturated rings. The third kappa shape index (κ3) is 4.53. The van der Waals surface area contributed by atoms with E-state index in [2.05, 4.69) is 10.6 Å². The smallest absolute Gasteiger partial charge is 0.262 e. The van der Waals surface area contributed by atoms with Crippen LogP contribution in [0.4, 0.5) is 11.4 Å². The highest BCUT2D eigenvalue weighted by atomic mass is 35.5. The molecule has 164 valence electrons. The van der Waals surface area contributed by atoms with Gasteiger partial charge in [0.1, 0.15) is 5.75 Å². The van der Waals surface area contributed by atoms with Crippen LogP contribution in [0, 0.1) is 12.8 Å². The second-order valence-electron chi connectivity index (χ2n) is 7.65. The second kappa shape index (κ2) is 8.49. The molecule has 31 heavy (non-hydrogen) atoms. The van der Waals surface area contributed by atoms with E-state index >= 15 is 0 Å². The molecular weight excluding hydrogens is 442 g/mol. The molecule has 2 aromatic rings. The van der Waals surface area contributed by atoms with Gasteiger partial charge in [0.2, 0.25) is 15.9 Å². The van der Waals surface area contributed by atoms with Crippen molar-refractivity contribution in [2.24, 2.45) is 5.92 Å². The average molecular weight is 464 g/mol. The van der Waals surface area contributed by atoms with Gasteiger partial charge >= 0.3 is 0 Å². The molecular formula is C21H22ClN3O5S. The van der Waals surface area contributed by atoms with Crippen LogP contribution < -0.4 is 15.4 Å². The highest BCUT2D eigenvalue weighted by molar-refractivity contribution is 7.89. The average Bonchev–Trinajstić information content (AvgIpc) is 2.75. The van der Waals surface area contributed by atoms with Gasteiger partial charge in [0.15, 0.2) is 6.61 Å². The van der Waals surface area contributed by atoms with Gasteiger partial charge in [-0.05, 0) is 61.7 Å². The zero-order valence-electron chi connectivity index (χ0n) is 16.9. The van der Waals surface area contributed by atoms with E-state index in [-0.39, 0.29) is 29.9 Å². The molecule has 0 bridgehead atoms. The summed E-state index contributed by atoms with van der Waals surface area (Å²) < 4.78 is 33.0. The van der Waals surface area contributed by atoms with Crippen LogP contribution in [0.2, 0.25) is 5.02 Å². The Hall–Kier alpha value is -2.62. The molecule has 2 aliphatic heterocycles. The maximum Gasteiger partial charge on any atom is 0.262 e. The topological polar surface area (TPSA) is 105 Å². The molecule has 10 heteroatoms. The summed E-state index contributed by atoms with van der Waals surface area (Å²) >= 11 is 5.96. The van der Waals surface area contributed by atoms with E-state index in [1.165, 1.54) is 22.5 Å². The predicted molar refractivity (Wildman–Crippen MR) is 117 cm³/mol. The highest BCUT2D eigenvalue weighted by Crippen LogP contribution is 2.32. The predicted octanol–water partition coefficient (Wildman–Crippen LogP) is 3.02. The quantitative estimate of drug-likeness (QED) is 0.725. The number of hydrogen-bond acceptors (Lipinski definition) is 5. The number of piperidine rings is 1. The van der Waals surface area contributed by atoms with Crippen molar-refractivity contribution in [1.29, 1.82) is 0 Å². The lowest BCUT2D eigenvalue weighted by molar-refractivity contribution is -0.121. The molecule has 0 saturated carbocycles. The number of carbonyl (C=O) groups excluding carboxylic acids is 2. The second-order valence-corrected chi connectivity index (χ2v) is 10.0. The van der Waals surface area contributed by atoms with Gasteiger partial charge in [-0.25, -0.2) is 8.42 Å². The first kappa shape index (κ1) is 21.6. The Balaban J connectivity index is 1.50. The minimum absolute atomic E-state index is 0.0478. The van der Waals surface area contributed by atoms with Gasteiger partial charge in [0.25, 0.3) is 5.91 Å². The van der Waals surface area contributed by atoms with Crippen LogP contribution in [0.15, 0.2) is 41.3 Å². The number of nitrogens with one attached hydrogen (secondary N) is 2. The number of halogens is 1. The molecule has 1 unspecified atom stereocenters. The lowest BCUT2D eigenvalue weighted by Gasteiger charge is -2.31. The summed E-state index contributed by atoms with van der Waals surface area (Å²) in [4.78, 5) is 24.4. The van der Waals surface area contributed by atoms with Gasteiger partial charge in [0.05, 0.1) is 16.5 Å². The highest BCUT2D eigenvalue weighted by Gasteiger charge is 2.34. The van der Waals surface area contributed by atoms with Gasteiger partial charge in [-0.3, -0.25) is 9.59 Å². The molecule has 1 saturated heterocycles. The lowest BCUT2D eigenvalue weighted by atomic mass is 9.98. The van der Waals surface area contributed by atoms with Crippen LogP contribution in [0.1, 0.15) is 18.4 Å². The monoisotopic (exact) mass is 463 g/mol. The van der Waals surface area contributed by atoms with Gasteiger partial charge in [-0.2, -0.15) is 4.31 Å². The fraction of sp³-hybridized carbons (Fsp3) is 0.333. The third-order valence-corrected chi connectivity index (χ3v) is 7.52. The number of hydrogen-bond donors (Lipinski definition) is 2. The molecule has 2 amide bonds. The molecule has 2 aliphatic rings. The molecule has 4 rings (SSSR count). The summed E-state index contributed by atoms with van der Waals surface area (Å²) in [6.45, 7) is 2.15. The van der Waals surface area contributed by atoms with Crippen molar-refractivity contribution in [3.63, 3.8) is 0 Å². The van der Waals surface area contributed by atoms with Crippen LogP contribution in [0.3, 0.4) is 0 Å². The Morgan fingerprint density at radius 3 is 2.84 bits per heavy atom. The van der Waals surface area contributed by atoms with E-state index in [1.807, 2.05) is 6.92 Å². The van der Waals surface area contributed by atoms with Gasteiger partial charge in [-0.15, -0.1) is 0 Å². The van der Waals surface area contributed by atoms with E-state index in [9.17, 15) is 18.0 Å². The fourth-order valence-electron chi connectivity index (χ4n) is 3.75. The van der Waals surface area contributed by atoms with Crippen LogP contribution in [-0.2, 0) is 19.6 Å². The van der Waals surface area contributed by atoms with Crippen molar-refractivity contribution >= 4 is 44.8 Å². The number of benzene rings is 2. The summed E-state index contributed by atoms with van der Waals surface area (Å²) in [7, 11) is -3.84. The first-order valence-corrected chi connectivity index (χ1v) is 11.7. The Labute approximate surface area is 185 Å². The van der Waals surface area contributed by atoms with Gasteiger partial charge < -0.3 is 15.4 Å². The van der Waals surface area contributed by atoms with Crippen molar-refractivity contribution in [2.45, 2.75) is 24.7 Å². The number of sulfonamides is 1. The van der Waals surface area contributed by atoms with Crippen LogP contribution in [0.5, 0.6) is 5.75 Å². The van der Waals surface area contributed by atoms with Crippen LogP contribution in [-0.4, -0.2) is 44.2 Å². The minimum atomic E-state index is -3.84. The van der Waals surface area contributed by atoms with Crippen molar-refractivity contribution in [2.75, 3.05) is 30.3 Å². The number of aryl methyl sites for hydroxylation is 1. The van der Waals surface area contributed by atoms with Crippen molar-refractivity contribution in [3.05, 3.63) is 47.0 Å². The Bertz CT molecular complexity index is 1150. The molecule has 0 aliphatic carbocycles. The summed E-state index contributed by atoms with van der Waals surface area (Å²) in [5.74, 6) is -0.613. The van der Waals surface area contributed by atoms with Crippen LogP contribution >= 0.6 is 11.6 Å². The number of carbonyl (C=O) groups is 2. The molecule has 8 nitrogen and oxygen atoms in total. The SMILES string of the molecule is Cc1cc(Cl)ccc1NC(=O)C1CCCN(S(=O)(=O)c2ccc3c(c2)NC(=O)CO3)C1. The maximum absolute atomic E-state index is 13.2. The van der Waals surface area contributed by atoms with E-state index in [1.54, 1.807) is 18.2 Å². The normalized spacial score (nSPS) is 19.2. The molecule has 2 N–H and O–H groups in total. The van der Waals surface area contributed by atoms with Crippen molar-refractivity contribution in [1.82, 2.24) is 4.31 Å². The number of ether oxygens (including phenoxy) is 1. The maximum atomic E-state index is 13.2. The molecule has 2 aromatic carbocycles. The summed E-state index contributed by atoms with van der Waals surface area (Å²) in [6, 6.07) is 9.55. The lowest BCUT2D eigenvalue weighted by Crippen LogP contribution is -2.43. The molecule has 1 atom stereocenters. The zero-order valence-corrected chi connectivity index (χ0v) is 18.4. The van der Waals surface area contributed by atoms with E-state index in [0.29, 0.717) is 41.5 Å². The van der Waals surface area contributed by atoms with E-state index < -0.39 is 15.9 Å². The number of nitrogens with zero attached hydrogens (tertiary/aromatic N) is 1. The summed E-state index contributed by atoms with van der Waals surface area (Å²) in [5.41, 5.74) is 1.81. The first-order chi connectivity index (χ1) is 14.7. The minimum Gasteiger partial charge on any atom is -0.482 e. The van der Waals surface area contributed by atoms with Gasteiger partial charge in [-0.1, -0.05) is 11.6 Å². The Kier molecular flexibility index (Phi) is 5.92. The number of fused-ring (bicyclic) bond motifs is 1. The van der Waals surface area contributed by atoms with E-state index in [4.69, 9.17) is 16.3 Å². The first-order valence-electron chi connectivity index (χ1n) is 9.88. The van der Waals surface area contributed by atoms with Crippen LogP contribution in [0.25, 0.3) is 0 Å². The van der Waals surface area contributed by atoms with Gasteiger partial charge in [0, 0.05) is 23.8 Å². The molecule has 0 radical (unpaired) electrons. The summed E-state index contributed by atoms with van der Waals surface area (Å²) in [6.07, 6.45) is 1.17. The molecule has 0 spiro atoms. The molecule has 2 heterocycles. The van der Waals surface area contributed by atoms with E-state index in [0.717, 1.165) is 5.56 Å².